The summed E-state index contributed by atoms with van der Waals surface area (Å²) in [6.07, 6.45) is 3.13. The number of ether oxygens (including phenoxy) is 1. The maximum atomic E-state index is 12.3. The lowest BCUT2D eigenvalue weighted by molar-refractivity contribution is -0.154. The van der Waals surface area contributed by atoms with Gasteiger partial charge in [-0.25, -0.2) is 0 Å². The van der Waals surface area contributed by atoms with E-state index in [1.165, 1.54) is 0 Å². The standard InChI is InChI=1S/C16H22N2O5/c19-14(4-3-13-2-1-10-23-13)17-6-8-18(9-7-17)16(15(20)21)5-11-22-12-16/h1-2,10H,3-9,11-12H2,(H,20,21). The Hall–Kier alpha value is -1.86. The molecule has 1 aromatic heterocycles. The zero-order chi connectivity index (χ0) is 16.3. The number of furan rings is 1. The minimum Gasteiger partial charge on any atom is -0.480 e. The first-order valence-corrected chi connectivity index (χ1v) is 7.98. The van der Waals surface area contributed by atoms with Crippen molar-refractivity contribution in [3.05, 3.63) is 24.2 Å². The van der Waals surface area contributed by atoms with Crippen molar-refractivity contribution >= 4 is 11.9 Å². The first-order valence-electron chi connectivity index (χ1n) is 7.98. The van der Waals surface area contributed by atoms with Crippen molar-refractivity contribution in [2.24, 2.45) is 0 Å². The van der Waals surface area contributed by atoms with Gasteiger partial charge in [0.2, 0.25) is 5.91 Å². The first-order chi connectivity index (χ1) is 11.1. The Morgan fingerprint density at radius 3 is 2.61 bits per heavy atom. The molecule has 1 aromatic rings. The molecule has 126 valence electrons. The molecular weight excluding hydrogens is 300 g/mol. The molecular formula is C16H22N2O5. The summed E-state index contributed by atoms with van der Waals surface area (Å²) < 4.78 is 10.6. The number of nitrogens with zero attached hydrogens (tertiary/aromatic N) is 2. The zero-order valence-corrected chi connectivity index (χ0v) is 13.1. The maximum absolute atomic E-state index is 12.3. The number of hydrogen-bond acceptors (Lipinski definition) is 5. The zero-order valence-electron chi connectivity index (χ0n) is 13.1. The number of rotatable bonds is 5. The van der Waals surface area contributed by atoms with E-state index in [4.69, 9.17) is 9.15 Å². The third-order valence-electron chi connectivity index (χ3n) is 4.80. The van der Waals surface area contributed by atoms with Gasteiger partial charge in [-0.2, -0.15) is 0 Å². The Bertz CT molecular complexity index is 543. The van der Waals surface area contributed by atoms with Gasteiger partial charge in [0.25, 0.3) is 0 Å². The summed E-state index contributed by atoms with van der Waals surface area (Å²) in [7, 11) is 0. The van der Waals surface area contributed by atoms with Gasteiger partial charge in [-0.3, -0.25) is 14.5 Å². The van der Waals surface area contributed by atoms with Crippen molar-refractivity contribution in [3.63, 3.8) is 0 Å². The molecule has 7 nitrogen and oxygen atoms in total. The van der Waals surface area contributed by atoms with Crippen molar-refractivity contribution < 1.29 is 23.8 Å². The molecule has 1 atom stereocenters. The second kappa shape index (κ2) is 6.72. The number of carboxylic acid groups (broad SMARTS) is 1. The number of piperazine rings is 1. The van der Waals surface area contributed by atoms with E-state index in [0.29, 0.717) is 52.0 Å². The van der Waals surface area contributed by atoms with Gasteiger partial charge >= 0.3 is 5.97 Å². The largest absolute Gasteiger partial charge is 0.480 e. The number of carbonyl (C=O) groups is 2. The fraction of sp³-hybridized carbons (Fsp3) is 0.625. The molecule has 0 spiro atoms. The van der Waals surface area contributed by atoms with Crippen molar-refractivity contribution in [1.82, 2.24) is 9.80 Å². The minimum atomic E-state index is -0.913. The van der Waals surface area contributed by atoms with E-state index in [-0.39, 0.29) is 12.5 Å². The minimum absolute atomic E-state index is 0.0908. The molecule has 2 saturated heterocycles. The summed E-state index contributed by atoms with van der Waals surface area (Å²) in [5.41, 5.74) is -0.913. The molecule has 0 radical (unpaired) electrons. The van der Waals surface area contributed by atoms with Gasteiger partial charge < -0.3 is 19.2 Å². The number of carbonyl (C=O) groups excluding carboxylic acids is 1. The molecule has 0 aliphatic carbocycles. The molecule has 23 heavy (non-hydrogen) atoms. The molecule has 3 heterocycles. The summed E-state index contributed by atoms with van der Waals surface area (Å²) in [4.78, 5) is 27.7. The Kier molecular flexibility index (Phi) is 4.68. The van der Waals surface area contributed by atoms with Crippen LogP contribution in [-0.4, -0.2) is 71.7 Å². The quantitative estimate of drug-likeness (QED) is 0.855. The second-order valence-electron chi connectivity index (χ2n) is 6.09. The van der Waals surface area contributed by atoms with E-state index >= 15 is 0 Å². The van der Waals surface area contributed by atoms with E-state index in [9.17, 15) is 14.7 Å². The van der Waals surface area contributed by atoms with Gasteiger partial charge in [-0.1, -0.05) is 0 Å². The summed E-state index contributed by atoms with van der Waals surface area (Å²) in [5.74, 6) is 0.0746. The summed E-state index contributed by atoms with van der Waals surface area (Å²) >= 11 is 0. The highest BCUT2D eigenvalue weighted by Gasteiger charge is 2.48. The summed E-state index contributed by atoms with van der Waals surface area (Å²) in [6, 6.07) is 3.68. The predicted molar refractivity (Wildman–Crippen MR) is 81.0 cm³/mol. The monoisotopic (exact) mass is 322 g/mol. The number of aliphatic carboxylic acids is 1. The topological polar surface area (TPSA) is 83.2 Å². The lowest BCUT2D eigenvalue weighted by Gasteiger charge is -2.42. The Morgan fingerprint density at radius 1 is 1.26 bits per heavy atom. The van der Waals surface area contributed by atoms with Crippen molar-refractivity contribution in [2.45, 2.75) is 24.8 Å². The van der Waals surface area contributed by atoms with Gasteiger partial charge in [-0.15, -0.1) is 0 Å². The van der Waals surface area contributed by atoms with Crippen molar-refractivity contribution in [1.29, 1.82) is 0 Å². The molecule has 1 unspecified atom stereocenters. The third-order valence-corrected chi connectivity index (χ3v) is 4.80. The second-order valence-corrected chi connectivity index (χ2v) is 6.09. The van der Waals surface area contributed by atoms with Gasteiger partial charge in [0.1, 0.15) is 11.3 Å². The normalized spacial score (nSPS) is 25.7. The van der Waals surface area contributed by atoms with Gasteiger partial charge in [-0.05, 0) is 12.1 Å². The number of carboxylic acids is 1. The molecule has 0 aromatic carbocycles. The molecule has 2 aliphatic rings. The molecule has 2 aliphatic heterocycles. The highest BCUT2D eigenvalue weighted by molar-refractivity contribution is 5.80. The summed E-state index contributed by atoms with van der Waals surface area (Å²) in [5, 5.41) is 9.57. The van der Waals surface area contributed by atoms with Crippen LogP contribution in [0.25, 0.3) is 0 Å². The highest BCUT2D eigenvalue weighted by Crippen LogP contribution is 2.28. The first kappa shape index (κ1) is 16.0. The third kappa shape index (κ3) is 3.25. The van der Waals surface area contributed by atoms with E-state index in [2.05, 4.69) is 0 Å². The fourth-order valence-corrected chi connectivity index (χ4v) is 3.33. The Labute approximate surface area is 134 Å². The SMILES string of the molecule is O=C(CCc1ccco1)N1CCN(C2(C(=O)O)CCOC2)CC1. The van der Waals surface area contributed by atoms with E-state index in [1.54, 1.807) is 6.26 Å². The van der Waals surface area contributed by atoms with E-state index < -0.39 is 11.5 Å². The maximum Gasteiger partial charge on any atom is 0.326 e. The van der Waals surface area contributed by atoms with E-state index in [1.807, 2.05) is 21.9 Å². The smallest absolute Gasteiger partial charge is 0.326 e. The average Bonchev–Trinajstić information content (AvgIpc) is 3.25. The van der Waals surface area contributed by atoms with Crippen LogP contribution < -0.4 is 0 Å². The lowest BCUT2D eigenvalue weighted by Crippen LogP contribution is -2.61. The fourth-order valence-electron chi connectivity index (χ4n) is 3.33. The molecule has 1 amide bonds. The highest BCUT2D eigenvalue weighted by atomic mass is 16.5. The molecule has 3 rings (SSSR count). The summed E-state index contributed by atoms with van der Waals surface area (Å²) in [6.45, 7) is 2.98. The van der Waals surface area contributed by atoms with Gasteiger partial charge in [0.15, 0.2) is 0 Å². The predicted octanol–water partition coefficient (Wildman–Crippen LogP) is 0.600. The molecule has 0 saturated carbocycles. The molecule has 1 N–H and O–H groups in total. The molecule has 7 heteroatoms. The Morgan fingerprint density at radius 2 is 2.04 bits per heavy atom. The van der Waals surface area contributed by atoms with Crippen LogP contribution in [0, 0.1) is 0 Å². The average molecular weight is 322 g/mol. The molecule has 0 bridgehead atoms. The van der Waals surface area contributed by atoms with Crippen LogP contribution in [0.5, 0.6) is 0 Å². The van der Waals surface area contributed by atoms with Crippen molar-refractivity contribution in [2.75, 3.05) is 39.4 Å². The van der Waals surface area contributed by atoms with Gasteiger partial charge in [0, 0.05) is 52.0 Å². The van der Waals surface area contributed by atoms with Crippen LogP contribution in [0.15, 0.2) is 22.8 Å². The van der Waals surface area contributed by atoms with Crippen LogP contribution in [0.1, 0.15) is 18.6 Å². The van der Waals surface area contributed by atoms with Gasteiger partial charge in [0.05, 0.1) is 12.9 Å². The number of amides is 1. The van der Waals surface area contributed by atoms with Crippen LogP contribution in [0.4, 0.5) is 0 Å². The number of hydrogen-bond donors (Lipinski definition) is 1. The van der Waals surface area contributed by atoms with Crippen LogP contribution in [-0.2, 0) is 20.7 Å². The van der Waals surface area contributed by atoms with Crippen LogP contribution >= 0.6 is 0 Å². The lowest BCUT2D eigenvalue weighted by atomic mass is 9.95. The molecule has 2 fully saturated rings. The number of aryl methyl sites for hydroxylation is 1. The van der Waals surface area contributed by atoms with Crippen LogP contribution in [0.2, 0.25) is 0 Å². The van der Waals surface area contributed by atoms with Crippen LogP contribution in [0.3, 0.4) is 0 Å². The van der Waals surface area contributed by atoms with Crippen molar-refractivity contribution in [3.8, 4) is 0 Å². The Balaban J connectivity index is 1.51. The van der Waals surface area contributed by atoms with E-state index in [0.717, 1.165) is 5.76 Å².